The van der Waals surface area contributed by atoms with Crippen LogP contribution >= 0.6 is 11.6 Å². The highest BCUT2D eigenvalue weighted by molar-refractivity contribution is 6.29. The number of nitrogens with zero attached hydrogens (tertiary/aromatic N) is 1. The van der Waals surface area contributed by atoms with Crippen molar-refractivity contribution in [2.24, 2.45) is 0 Å². The summed E-state index contributed by atoms with van der Waals surface area (Å²) in [5.74, 6) is -2.67. The number of pyridine rings is 1. The lowest BCUT2D eigenvalue weighted by Crippen LogP contribution is -2.23. The zero-order valence-electron chi connectivity index (χ0n) is 5.17. The number of carboxylic acids is 1. The summed E-state index contributed by atoms with van der Waals surface area (Å²) in [6.45, 7) is 0. The van der Waals surface area contributed by atoms with Crippen molar-refractivity contribution in [2.45, 2.75) is 0 Å². The number of carbonyl (C=O) groups excluding carboxylic acids is 1. The van der Waals surface area contributed by atoms with E-state index in [0.29, 0.717) is 0 Å². The summed E-state index contributed by atoms with van der Waals surface area (Å²) in [7, 11) is 0. The third kappa shape index (κ3) is 1.46. The summed E-state index contributed by atoms with van der Waals surface area (Å²) in [4.78, 5) is 13.5. The van der Waals surface area contributed by atoms with Gasteiger partial charge in [-0.2, -0.15) is 0 Å². The Balaban J connectivity index is 3.27. The molecule has 0 spiro atoms. The van der Waals surface area contributed by atoms with Gasteiger partial charge < -0.3 is 9.90 Å². The molecule has 0 aliphatic carbocycles. The molecule has 0 fully saturated rings. The van der Waals surface area contributed by atoms with Crippen LogP contribution in [0.4, 0.5) is 4.39 Å². The molecule has 0 saturated carbocycles. The van der Waals surface area contributed by atoms with Crippen molar-refractivity contribution in [3.63, 3.8) is 0 Å². The van der Waals surface area contributed by atoms with Crippen LogP contribution in [0.3, 0.4) is 0 Å². The first-order valence-electron chi connectivity index (χ1n) is 2.64. The Labute approximate surface area is 66.4 Å². The molecule has 11 heavy (non-hydrogen) atoms. The summed E-state index contributed by atoms with van der Waals surface area (Å²) in [6, 6.07) is 0.983. The summed E-state index contributed by atoms with van der Waals surface area (Å²) in [5, 5.41) is 9.67. The molecule has 0 atom stereocenters. The van der Waals surface area contributed by atoms with E-state index in [1.807, 2.05) is 0 Å². The van der Waals surface area contributed by atoms with Crippen molar-refractivity contribution in [3.8, 4) is 0 Å². The third-order valence-corrected chi connectivity index (χ3v) is 1.33. The number of hydrogen-bond donors (Lipinski definition) is 0. The van der Waals surface area contributed by atoms with Gasteiger partial charge in [0.15, 0.2) is 11.0 Å². The van der Waals surface area contributed by atoms with Gasteiger partial charge in [-0.25, -0.2) is 9.37 Å². The molecule has 1 aromatic heterocycles. The minimum atomic E-state index is -1.60. The van der Waals surface area contributed by atoms with E-state index in [0.717, 1.165) is 12.3 Å². The second kappa shape index (κ2) is 2.84. The van der Waals surface area contributed by atoms with Crippen LogP contribution < -0.4 is 5.11 Å². The molecule has 5 heteroatoms. The molecule has 0 saturated heterocycles. The predicted octanol–water partition coefficient (Wildman–Crippen LogP) is 0.238. The van der Waals surface area contributed by atoms with Crippen molar-refractivity contribution in [3.05, 3.63) is 28.8 Å². The first-order valence-corrected chi connectivity index (χ1v) is 3.02. The van der Waals surface area contributed by atoms with Crippen molar-refractivity contribution in [1.82, 2.24) is 4.98 Å². The average Bonchev–Trinajstić information content (AvgIpc) is 1.94. The van der Waals surface area contributed by atoms with Gasteiger partial charge in [0.1, 0.15) is 0 Å². The van der Waals surface area contributed by atoms with Crippen molar-refractivity contribution in [1.29, 1.82) is 0 Å². The lowest BCUT2D eigenvalue weighted by atomic mass is 10.3. The fourth-order valence-electron chi connectivity index (χ4n) is 0.576. The van der Waals surface area contributed by atoms with Crippen molar-refractivity contribution < 1.29 is 14.3 Å². The normalized spacial score (nSPS) is 9.64. The molecule has 0 N–H and O–H groups in total. The summed E-state index contributed by atoms with van der Waals surface area (Å²) in [6.07, 6.45) is 1.09. The Morgan fingerprint density at radius 1 is 1.73 bits per heavy atom. The highest BCUT2D eigenvalue weighted by atomic mass is 35.5. The van der Waals surface area contributed by atoms with Crippen LogP contribution in [0.15, 0.2) is 12.3 Å². The maximum atomic E-state index is 12.6. The topological polar surface area (TPSA) is 53.0 Å². The molecule has 58 valence electrons. The highest BCUT2D eigenvalue weighted by Crippen LogP contribution is 2.13. The summed E-state index contributed by atoms with van der Waals surface area (Å²) >= 11 is 5.18. The predicted molar refractivity (Wildman–Crippen MR) is 33.5 cm³/mol. The Kier molecular flexibility index (Phi) is 2.05. The molecule has 0 aliphatic rings. The van der Waals surface area contributed by atoms with Gasteiger partial charge >= 0.3 is 0 Å². The molecule has 0 bridgehead atoms. The standard InChI is InChI=1S/C6H3ClFNO2/c7-5-4(8)3(6(10)11)1-2-9-5/h1-2H,(H,10,11)/p-1. The van der Waals surface area contributed by atoms with E-state index < -0.39 is 22.5 Å². The van der Waals surface area contributed by atoms with Gasteiger partial charge in [-0.1, -0.05) is 11.6 Å². The van der Waals surface area contributed by atoms with Crippen LogP contribution in [-0.2, 0) is 0 Å². The van der Waals surface area contributed by atoms with Gasteiger partial charge in [0, 0.05) is 11.8 Å². The van der Waals surface area contributed by atoms with E-state index >= 15 is 0 Å². The largest absolute Gasteiger partial charge is 0.545 e. The number of halogens is 2. The van der Waals surface area contributed by atoms with Crippen molar-refractivity contribution in [2.75, 3.05) is 0 Å². The Morgan fingerprint density at radius 3 is 2.82 bits per heavy atom. The number of carboxylic acid groups (broad SMARTS) is 1. The molecule has 0 aliphatic heterocycles. The van der Waals surface area contributed by atoms with E-state index in [-0.39, 0.29) is 0 Å². The van der Waals surface area contributed by atoms with Crippen LogP contribution in [0, 0.1) is 5.82 Å². The van der Waals surface area contributed by atoms with Gasteiger partial charge in [-0.15, -0.1) is 0 Å². The molecule has 0 amide bonds. The summed E-state index contributed by atoms with van der Waals surface area (Å²) < 4.78 is 12.6. The van der Waals surface area contributed by atoms with Crippen LogP contribution in [0.25, 0.3) is 0 Å². The smallest absolute Gasteiger partial charge is 0.169 e. The van der Waals surface area contributed by atoms with E-state index in [1.54, 1.807) is 0 Å². The van der Waals surface area contributed by atoms with Gasteiger partial charge in [-0.3, -0.25) is 0 Å². The molecule has 1 heterocycles. The Morgan fingerprint density at radius 2 is 2.36 bits per heavy atom. The molecule has 0 unspecified atom stereocenters. The maximum Gasteiger partial charge on any atom is 0.169 e. The molecular formula is C6H2ClFNO2-. The monoisotopic (exact) mass is 174 g/mol. The molecule has 1 rings (SSSR count). The summed E-state index contributed by atoms with van der Waals surface area (Å²) in [5.41, 5.74) is -0.579. The zero-order chi connectivity index (χ0) is 8.43. The second-order valence-corrected chi connectivity index (χ2v) is 2.11. The lowest BCUT2D eigenvalue weighted by molar-refractivity contribution is -0.255. The first kappa shape index (κ1) is 7.94. The SMILES string of the molecule is O=C([O-])c1ccnc(Cl)c1F. The molecule has 3 nitrogen and oxygen atoms in total. The fourth-order valence-corrected chi connectivity index (χ4v) is 0.734. The van der Waals surface area contributed by atoms with E-state index in [2.05, 4.69) is 4.98 Å². The van der Waals surface area contributed by atoms with Gasteiger partial charge in [-0.05, 0) is 6.07 Å². The van der Waals surface area contributed by atoms with E-state index in [4.69, 9.17) is 11.6 Å². The Hall–Kier alpha value is -1.16. The van der Waals surface area contributed by atoms with E-state index in [9.17, 15) is 14.3 Å². The van der Waals surface area contributed by atoms with Gasteiger partial charge in [0.25, 0.3) is 0 Å². The third-order valence-electron chi connectivity index (χ3n) is 1.07. The minimum absolute atomic E-state index is 0.466. The fraction of sp³-hybridized carbons (Fsp3) is 0. The van der Waals surface area contributed by atoms with Gasteiger partial charge in [0.05, 0.1) is 5.97 Å². The molecule has 1 aromatic rings. The number of aromatic nitrogens is 1. The number of rotatable bonds is 1. The molecule has 0 radical (unpaired) electrons. The van der Waals surface area contributed by atoms with Crippen LogP contribution in [-0.4, -0.2) is 11.0 Å². The van der Waals surface area contributed by atoms with Gasteiger partial charge in [0.2, 0.25) is 0 Å². The van der Waals surface area contributed by atoms with Crippen molar-refractivity contribution >= 4 is 17.6 Å². The van der Waals surface area contributed by atoms with Crippen LogP contribution in [0.2, 0.25) is 5.15 Å². The zero-order valence-corrected chi connectivity index (χ0v) is 5.93. The molecule has 0 aromatic carbocycles. The number of carbonyl (C=O) groups is 1. The number of hydrogen-bond acceptors (Lipinski definition) is 3. The van der Waals surface area contributed by atoms with E-state index in [1.165, 1.54) is 0 Å². The second-order valence-electron chi connectivity index (χ2n) is 1.75. The lowest BCUT2D eigenvalue weighted by Gasteiger charge is -2.02. The first-order chi connectivity index (χ1) is 5.13. The highest BCUT2D eigenvalue weighted by Gasteiger charge is 2.06. The van der Waals surface area contributed by atoms with Crippen LogP contribution in [0.1, 0.15) is 10.4 Å². The maximum absolute atomic E-state index is 12.6. The molecular weight excluding hydrogens is 173 g/mol. The van der Waals surface area contributed by atoms with Crippen LogP contribution in [0.5, 0.6) is 0 Å². The Bertz CT molecular complexity index is 303. The number of aromatic carboxylic acids is 1. The quantitative estimate of drug-likeness (QED) is 0.573. The average molecular weight is 175 g/mol. The minimum Gasteiger partial charge on any atom is -0.545 e.